The van der Waals surface area contributed by atoms with Gasteiger partial charge in [0.1, 0.15) is 17.9 Å². The minimum Gasteiger partial charge on any atom is -0.454 e. The summed E-state index contributed by atoms with van der Waals surface area (Å²) in [5, 5.41) is 7.34. The fraction of sp³-hybridized carbons (Fsp3) is 0.333. The van der Waals surface area contributed by atoms with E-state index in [2.05, 4.69) is 55.9 Å². The van der Waals surface area contributed by atoms with Crippen molar-refractivity contribution in [2.75, 3.05) is 34.1 Å². The predicted octanol–water partition coefficient (Wildman–Crippen LogP) is 7.90. The summed E-state index contributed by atoms with van der Waals surface area (Å²) in [6.45, 7) is 4.50. The first-order valence-electron chi connectivity index (χ1n) is 21.6. The molecule has 2 aromatic heterocycles. The standard InChI is InChI=1S/C48H49FN8O8/c1-27(2)40(54-46(60)62-3)43(58)56-19-5-7-37(56)42-50-24-36(52-42)33-15-14-31-21-30(12-13-32(31)22-33)28-8-10-29(11-9-28)35-25-51-45(53-35)48(49)18-6-20-57(48)44(59)41(55-47(61)63-4)34-16-17-38-39(23-34)65-26-64-38/h8-17,21-25,27,37,40-41H,5-7,18-20,26H2,1-4H3,(H,50,52)(H,51,53)(H,54,60)(H,55,61)/t37-,40?,41?,48-/m0/s1. The zero-order valence-corrected chi connectivity index (χ0v) is 36.4. The number of carbonyl (C=O) groups excluding carboxylic acids is 4. The van der Waals surface area contributed by atoms with Crippen molar-refractivity contribution in [3.8, 4) is 45.1 Å². The van der Waals surface area contributed by atoms with Crippen molar-refractivity contribution in [1.82, 2.24) is 40.4 Å². The third kappa shape index (κ3) is 8.29. The number of methoxy groups -OCH3 is 2. The lowest BCUT2D eigenvalue weighted by Gasteiger charge is -2.32. The lowest BCUT2D eigenvalue weighted by Crippen LogP contribution is -2.51. The number of rotatable bonds is 11. The van der Waals surface area contributed by atoms with Gasteiger partial charge in [-0.15, -0.1) is 0 Å². The van der Waals surface area contributed by atoms with Crippen LogP contribution in [0.3, 0.4) is 0 Å². The second-order valence-corrected chi connectivity index (χ2v) is 16.8. The van der Waals surface area contributed by atoms with Gasteiger partial charge in [-0.05, 0) is 82.5 Å². The first-order chi connectivity index (χ1) is 31.4. The lowest BCUT2D eigenvalue weighted by molar-refractivity contribution is -0.146. The smallest absolute Gasteiger partial charge is 0.407 e. The zero-order valence-electron chi connectivity index (χ0n) is 36.4. The van der Waals surface area contributed by atoms with E-state index in [-0.39, 0.29) is 43.4 Å². The Bertz CT molecular complexity index is 2770. The van der Waals surface area contributed by atoms with Gasteiger partial charge in [0.25, 0.3) is 5.91 Å². The largest absolute Gasteiger partial charge is 0.454 e. The summed E-state index contributed by atoms with van der Waals surface area (Å²) in [6, 6.07) is 23.0. The van der Waals surface area contributed by atoms with Crippen molar-refractivity contribution in [2.24, 2.45) is 5.92 Å². The lowest BCUT2D eigenvalue weighted by atomic mass is 9.98. The zero-order chi connectivity index (χ0) is 45.4. The average molecular weight is 885 g/mol. The van der Waals surface area contributed by atoms with Crippen LogP contribution in [0.4, 0.5) is 14.0 Å². The molecule has 5 heterocycles. The van der Waals surface area contributed by atoms with Gasteiger partial charge in [-0.1, -0.05) is 68.4 Å². The number of carbonyl (C=O) groups is 4. The number of amides is 4. The van der Waals surface area contributed by atoms with Crippen LogP contribution in [0.15, 0.2) is 91.3 Å². The van der Waals surface area contributed by atoms with E-state index in [0.717, 1.165) is 56.5 Å². The molecule has 16 nitrogen and oxygen atoms in total. The third-order valence-corrected chi connectivity index (χ3v) is 12.5. The molecule has 0 aliphatic carbocycles. The van der Waals surface area contributed by atoms with Crippen LogP contribution < -0.4 is 20.1 Å². The van der Waals surface area contributed by atoms with Crippen molar-refractivity contribution in [2.45, 2.75) is 63.4 Å². The number of fused-ring (bicyclic) bond motifs is 2. The number of halogens is 1. The Morgan fingerprint density at radius 3 is 2.17 bits per heavy atom. The van der Waals surface area contributed by atoms with Crippen LogP contribution in [0, 0.1) is 5.92 Å². The third-order valence-electron chi connectivity index (χ3n) is 12.5. The van der Waals surface area contributed by atoms with Crippen molar-refractivity contribution in [3.63, 3.8) is 0 Å². The molecule has 3 aliphatic heterocycles. The summed E-state index contributed by atoms with van der Waals surface area (Å²) in [6.07, 6.45) is 3.86. The summed E-state index contributed by atoms with van der Waals surface area (Å²) in [5.41, 5.74) is 5.54. The van der Waals surface area contributed by atoms with Crippen LogP contribution in [-0.4, -0.2) is 93.9 Å². The van der Waals surface area contributed by atoms with E-state index >= 15 is 4.39 Å². The van der Waals surface area contributed by atoms with Crippen LogP contribution in [0.5, 0.6) is 11.5 Å². The molecule has 17 heteroatoms. The molecule has 336 valence electrons. The van der Waals surface area contributed by atoms with E-state index in [9.17, 15) is 19.2 Å². The molecule has 3 aliphatic rings. The molecular weight excluding hydrogens is 836 g/mol. The number of alkyl carbamates (subject to hydrolysis) is 2. The highest BCUT2D eigenvalue weighted by Gasteiger charge is 2.50. The minimum absolute atomic E-state index is 0.00872. The van der Waals surface area contributed by atoms with Crippen molar-refractivity contribution < 1.29 is 42.5 Å². The summed E-state index contributed by atoms with van der Waals surface area (Å²) in [4.78, 5) is 70.7. The second kappa shape index (κ2) is 17.6. The molecule has 4 atom stereocenters. The number of hydrogen-bond donors (Lipinski definition) is 4. The molecule has 9 rings (SSSR count). The highest BCUT2D eigenvalue weighted by molar-refractivity contribution is 5.91. The van der Waals surface area contributed by atoms with Gasteiger partial charge in [0, 0.05) is 25.1 Å². The Morgan fingerprint density at radius 2 is 1.42 bits per heavy atom. The van der Waals surface area contributed by atoms with Gasteiger partial charge in [0.15, 0.2) is 17.3 Å². The Labute approximate surface area is 373 Å². The molecule has 6 aromatic rings. The molecule has 2 unspecified atom stereocenters. The van der Waals surface area contributed by atoms with Gasteiger partial charge in [0.2, 0.25) is 18.5 Å². The van der Waals surface area contributed by atoms with Gasteiger partial charge in [-0.3, -0.25) is 9.59 Å². The number of likely N-dealkylation sites (tertiary alicyclic amines) is 2. The minimum atomic E-state index is -2.26. The SMILES string of the molecule is COC(=O)NC(C(=O)N1CCC[C@@]1(F)c1ncc(-c2ccc(-c3ccc4cc(-c5cnc([C@@H]6CCCN6C(=O)C(NC(=O)OC)C(C)C)[nH]5)ccc4c3)cc2)[nH]1)c1ccc2c(c1)OCO2. The van der Waals surface area contributed by atoms with Gasteiger partial charge < -0.3 is 49.3 Å². The monoisotopic (exact) mass is 884 g/mol. The van der Waals surface area contributed by atoms with E-state index in [0.29, 0.717) is 41.5 Å². The molecule has 0 radical (unpaired) electrons. The van der Waals surface area contributed by atoms with Gasteiger partial charge >= 0.3 is 12.2 Å². The van der Waals surface area contributed by atoms with Crippen molar-refractivity contribution in [1.29, 1.82) is 0 Å². The number of imidazole rings is 2. The van der Waals surface area contributed by atoms with Gasteiger partial charge in [-0.25, -0.2) is 23.9 Å². The number of H-pyrrole nitrogens is 2. The molecule has 2 fully saturated rings. The Kier molecular flexibility index (Phi) is 11.6. The Balaban J connectivity index is 0.885. The number of aromatic amines is 2. The van der Waals surface area contributed by atoms with Crippen LogP contribution >= 0.6 is 0 Å². The van der Waals surface area contributed by atoms with Crippen LogP contribution in [-0.2, 0) is 24.9 Å². The summed E-state index contributed by atoms with van der Waals surface area (Å²) < 4.78 is 37.6. The number of nitrogens with zero attached hydrogens (tertiary/aromatic N) is 4. The van der Waals surface area contributed by atoms with E-state index in [4.69, 9.17) is 23.9 Å². The van der Waals surface area contributed by atoms with Crippen LogP contribution in [0.25, 0.3) is 44.4 Å². The van der Waals surface area contributed by atoms with E-state index in [1.807, 2.05) is 44.2 Å². The molecule has 4 aromatic carbocycles. The first-order valence-corrected chi connectivity index (χ1v) is 21.6. The van der Waals surface area contributed by atoms with Crippen molar-refractivity contribution in [3.05, 3.63) is 108 Å². The molecule has 0 spiro atoms. The quantitative estimate of drug-likeness (QED) is 0.0930. The van der Waals surface area contributed by atoms with E-state index in [1.54, 1.807) is 35.5 Å². The highest BCUT2D eigenvalue weighted by Crippen LogP contribution is 2.43. The number of nitrogens with one attached hydrogen (secondary N) is 4. The fourth-order valence-electron chi connectivity index (χ4n) is 8.97. The second-order valence-electron chi connectivity index (χ2n) is 16.8. The molecule has 4 amide bonds. The van der Waals surface area contributed by atoms with E-state index in [1.165, 1.54) is 14.2 Å². The summed E-state index contributed by atoms with van der Waals surface area (Å²) in [5.74, 6) is -1.59. The topological polar surface area (TPSA) is 193 Å². The number of alkyl halides is 1. The number of hydrogen-bond acceptors (Lipinski definition) is 10. The normalized spacial score (nSPS) is 18.8. The molecule has 2 saturated heterocycles. The predicted molar refractivity (Wildman–Crippen MR) is 237 cm³/mol. The molecule has 4 N–H and O–H groups in total. The van der Waals surface area contributed by atoms with E-state index < -0.39 is 36.0 Å². The first kappa shape index (κ1) is 42.9. The molecule has 0 saturated carbocycles. The Hall–Kier alpha value is -7.43. The molecule has 65 heavy (non-hydrogen) atoms. The fourth-order valence-corrected chi connectivity index (χ4v) is 8.97. The number of benzene rings is 4. The maximum absolute atomic E-state index is 17.1. The maximum atomic E-state index is 17.1. The van der Waals surface area contributed by atoms with Crippen LogP contribution in [0.1, 0.15) is 68.8 Å². The highest BCUT2D eigenvalue weighted by atomic mass is 19.1. The molecule has 0 bridgehead atoms. The number of ether oxygens (including phenoxy) is 4. The van der Waals surface area contributed by atoms with Gasteiger partial charge in [-0.2, -0.15) is 0 Å². The summed E-state index contributed by atoms with van der Waals surface area (Å²) in [7, 11) is 2.47. The van der Waals surface area contributed by atoms with Crippen molar-refractivity contribution >= 4 is 34.8 Å². The maximum Gasteiger partial charge on any atom is 0.407 e. The van der Waals surface area contributed by atoms with Crippen LogP contribution in [0.2, 0.25) is 0 Å². The summed E-state index contributed by atoms with van der Waals surface area (Å²) >= 11 is 0. The molecular formula is C48H49FN8O8. The Morgan fingerprint density at radius 1 is 0.754 bits per heavy atom. The van der Waals surface area contributed by atoms with Gasteiger partial charge in [0.05, 0.1) is 44.0 Å². The number of aromatic nitrogens is 4. The average Bonchev–Trinajstić information content (AvgIpc) is 4.19.